The van der Waals surface area contributed by atoms with Gasteiger partial charge in [0.2, 0.25) is 0 Å². The second-order valence-electron chi connectivity index (χ2n) is 3.22. The van der Waals surface area contributed by atoms with Crippen LogP contribution in [0.25, 0.3) is 0 Å². The molecule has 0 saturated carbocycles. The lowest BCUT2D eigenvalue weighted by molar-refractivity contribution is 0.0499. The standard InChI is InChI=1S/C11H13Cl2NO3.ClH/c1-16-10-8(13)4-3-7(12)9(10)11(15)17-6-2-5-14;/h3-4H,2,5-6,14H2,1H3;1H. The molecule has 7 heteroatoms. The molecule has 1 aromatic rings. The van der Waals surface area contributed by atoms with Gasteiger partial charge in [-0.05, 0) is 25.1 Å². The van der Waals surface area contributed by atoms with Crippen LogP contribution in [0.3, 0.4) is 0 Å². The van der Waals surface area contributed by atoms with E-state index in [1.165, 1.54) is 13.2 Å². The minimum atomic E-state index is -0.567. The fourth-order valence-corrected chi connectivity index (χ4v) is 1.70. The molecule has 0 aliphatic heterocycles. The van der Waals surface area contributed by atoms with Crippen molar-refractivity contribution in [1.29, 1.82) is 0 Å². The zero-order chi connectivity index (χ0) is 12.8. The van der Waals surface area contributed by atoms with E-state index < -0.39 is 5.97 Å². The van der Waals surface area contributed by atoms with Crippen LogP contribution >= 0.6 is 35.6 Å². The highest BCUT2D eigenvalue weighted by Gasteiger charge is 2.20. The Morgan fingerprint density at radius 1 is 1.33 bits per heavy atom. The molecule has 0 aliphatic rings. The summed E-state index contributed by atoms with van der Waals surface area (Å²) in [5.74, 6) is -0.347. The third-order valence-corrected chi connectivity index (χ3v) is 2.66. The van der Waals surface area contributed by atoms with Crippen LogP contribution in [0.1, 0.15) is 16.8 Å². The van der Waals surface area contributed by atoms with Crippen LogP contribution in [-0.4, -0.2) is 26.2 Å². The highest BCUT2D eigenvalue weighted by molar-refractivity contribution is 6.37. The van der Waals surface area contributed by atoms with E-state index in [2.05, 4.69) is 0 Å². The molecule has 0 radical (unpaired) electrons. The van der Waals surface area contributed by atoms with Crippen molar-refractivity contribution in [3.05, 3.63) is 27.7 Å². The number of carbonyl (C=O) groups excluding carboxylic acids is 1. The maximum atomic E-state index is 11.8. The van der Waals surface area contributed by atoms with Crippen molar-refractivity contribution < 1.29 is 14.3 Å². The highest BCUT2D eigenvalue weighted by atomic mass is 35.5. The second-order valence-corrected chi connectivity index (χ2v) is 4.03. The van der Waals surface area contributed by atoms with Crippen LogP contribution in [0.2, 0.25) is 10.0 Å². The summed E-state index contributed by atoms with van der Waals surface area (Å²) in [7, 11) is 1.41. The number of halogens is 3. The summed E-state index contributed by atoms with van der Waals surface area (Å²) in [5.41, 5.74) is 5.44. The Morgan fingerprint density at radius 3 is 2.50 bits per heavy atom. The van der Waals surface area contributed by atoms with Gasteiger partial charge in [-0.25, -0.2) is 4.79 Å². The SMILES string of the molecule is COc1c(Cl)ccc(Cl)c1C(=O)OCCCN.Cl. The van der Waals surface area contributed by atoms with Crippen LogP contribution in [0, 0.1) is 0 Å². The van der Waals surface area contributed by atoms with E-state index in [0.717, 1.165) is 0 Å². The quantitative estimate of drug-likeness (QED) is 0.670. The van der Waals surface area contributed by atoms with E-state index in [0.29, 0.717) is 18.0 Å². The number of benzene rings is 1. The van der Waals surface area contributed by atoms with Crippen molar-refractivity contribution >= 4 is 41.6 Å². The van der Waals surface area contributed by atoms with Crippen LogP contribution < -0.4 is 10.5 Å². The average molecular weight is 315 g/mol. The van der Waals surface area contributed by atoms with Crippen molar-refractivity contribution in [2.45, 2.75) is 6.42 Å². The van der Waals surface area contributed by atoms with E-state index in [4.69, 9.17) is 38.4 Å². The molecular formula is C11H14Cl3NO3. The van der Waals surface area contributed by atoms with E-state index in [-0.39, 0.29) is 35.3 Å². The third kappa shape index (κ3) is 4.21. The summed E-state index contributed by atoms with van der Waals surface area (Å²) in [6.07, 6.45) is 0.590. The molecule has 0 aromatic heterocycles. The molecule has 0 heterocycles. The van der Waals surface area contributed by atoms with Gasteiger partial charge in [-0.1, -0.05) is 23.2 Å². The average Bonchev–Trinajstić information content (AvgIpc) is 2.31. The lowest BCUT2D eigenvalue weighted by atomic mass is 10.2. The van der Waals surface area contributed by atoms with Gasteiger partial charge in [0.05, 0.1) is 23.8 Å². The Morgan fingerprint density at radius 2 is 1.94 bits per heavy atom. The Labute approximate surface area is 122 Å². The number of ether oxygens (including phenoxy) is 2. The van der Waals surface area contributed by atoms with Crippen molar-refractivity contribution in [3.63, 3.8) is 0 Å². The molecule has 0 amide bonds. The van der Waals surface area contributed by atoms with E-state index in [1.54, 1.807) is 6.07 Å². The van der Waals surface area contributed by atoms with Gasteiger partial charge < -0.3 is 15.2 Å². The summed E-state index contributed by atoms with van der Waals surface area (Å²) in [5, 5.41) is 0.548. The first-order valence-electron chi connectivity index (χ1n) is 5.01. The van der Waals surface area contributed by atoms with Gasteiger partial charge in [0, 0.05) is 0 Å². The molecule has 1 aromatic carbocycles. The minimum absolute atomic E-state index is 0. The predicted molar refractivity (Wildman–Crippen MR) is 74.2 cm³/mol. The molecule has 4 nitrogen and oxygen atoms in total. The lowest BCUT2D eigenvalue weighted by Gasteiger charge is -2.11. The molecule has 0 unspecified atom stereocenters. The van der Waals surface area contributed by atoms with E-state index in [1.807, 2.05) is 0 Å². The molecule has 0 fully saturated rings. The molecule has 102 valence electrons. The maximum absolute atomic E-state index is 11.8. The summed E-state index contributed by atoms with van der Waals surface area (Å²) >= 11 is 11.8. The molecule has 0 spiro atoms. The monoisotopic (exact) mass is 313 g/mol. The van der Waals surface area contributed by atoms with E-state index >= 15 is 0 Å². The zero-order valence-electron chi connectivity index (χ0n) is 9.74. The van der Waals surface area contributed by atoms with Gasteiger partial charge in [-0.15, -0.1) is 12.4 Å². The van der Waals surface area contributed by atoms with Gasteiger partial charge in [-0.3, -0.25) is 0 Å². The van der Waals surface area contributed by atoms with Gasteiger partial charge in [0.15, 0.2) is 5.75 Å². The number of hydrogen-bond acceptors (Lipinski definition) is 4. The second kappa shape index (κ2) is 8.43. The Hall–Kier alpha value is -0.680. The van der Waals surface area contributed by atoms with Crippen LogP contribution in [0.5, 0.6) is 5.75 Å². The molecule has 1 rings (SSSR count). The molecule has 0 aliphatic carbocycles. The first-order chi connectivity index (χ1) is 8.11. The number of methoxy groups -OCH3 is 1. The number of esters is 1. The lowest BCUT2D eigenvalue weighted by Crippen LogP contribution is -2.11. The molecule has 0 saturated heterocycles. The molecule has 2 N–H and O–H groups in total. The number of hydrogen-bond donors (Lipinski definition) is 1. The third-order valence-electron chi connectivity index (χ3n) is 2.05. The van der Waals surface area contributed by atoms with E-state index in [9.17, 15) is 4.79 Å². The summed E-state index contributed by atoms with van der Waals surface area (Å²) < 4.78 is 10.0. The van der Waals surface area contributed by atoms with Crippen LogP contribution in [0.4, 0.5) is 0 Å². The summed E-state index contributed by atoms with van der Waals surface area (Å²) in [4.78, 5) is 11.8. The molecule has 0 bridgehead atoms. The number of carbonyl (C=O) groups is 1. The van der Waals surface area contributed by atoms with Crippen molar-refractivity contribution in [1.82, 2.24) is 0 Å². The van der Waals surface area contributed by atoms with Crippen molar-refractivity contribution in [2.24, 2.45) is 5.73 Å². The first kappa shape index (κ1) is 17.3. The van der Waals surface area contributed by atoms with Crippen molar-refractivity contribution in [2.75, 3.05) is 20.3 Å². The van der Waals surface area contributed by atoms with Gasteiger partial charge in [0.1, 0.15) is 5.56 Å². The molecule has 18 heavy (non-hydrogen) atoms. The Bertz CT molecular complexity index is 413. The maximum Gasteiger partial charge on any atom is 0.343 e. The first-order valence-corrected chi connectivity index (χ1v) is 5.76. The van der Waals surface area contributed by atoms with Gasteiger partial charge in [-0.2, -0.15) is 0 Å². The van der Waals surface area contributed by atoms with Gasteiger partial charge >= 0.3 is 5.97 Å². The van der Waals surface area contributed by atoms with Crippen molar-refractivity contribution in [3.8, 4) is 5.75 Å². The minimum Gasteiger partial charge on any atom is -0.494 e. The zero-order valence-corrected chi connectivity index (χ0v) is 12.1. The smallest absolute Gasteiger partial charge is 0.343 e. The predicted octanol–water partition coefficient (Wildman–Crippen LogP) is 2.93. The fraction of sp³-hybridized carbons (Fsp3) is 0.364. The largest absolute Gasteiger partial charge is 0.494 e. The summed E-state index contributed by atoms with van der Waals surface area (Å²) in [6.45, 7) is 0.690. The molecular weight excluding hydrogens is 300 g/mol. The fourth-order valence-electron chi connectivity index (χ4n) is 1.24. The highest BCUT2D eigenvalue weighted by Crippen LogP contribution is 2.34. The number of nitrogens with two attached hydrogens (primary N) is 1. The van der Waals surface area contributed by atoms with Crippen LogP contribution in [-0.2, 0) is 4.74 Å². The van der Waals surface area contributed by atoms with Crippen LogP contribution in [0.15, 0.2) is 12.1 Å². The Kier molecular flexibility index (Phi) is 8.11. The number of rotatable bonds is 5. The van der Waals surface area contributed by atoms with Gasteiger partial charge in [0.25, 0.3) is 0 Å². The topological polar surface area (TPSA) is 61.5 Å². The summed E-state index contributed by atoms with van der Waals surface area (Å²) in [6, 6.07) is 3.07. The normalized spacial score (nSPS) is 9.56. The Balaban J connectivity index is 0.00000289. The molecule has 0 atom stereocenters.